The van der Waals surface area contributed by atoms with Gasteiger partial charge < -0.3 is 18.6 Å². The molecule has 6 nitrogen and oxygen atoms in total. The van der Waals surface area contributed by atoms with Crippen LogP contribution in [0, 0.1) is 0 Å². The molecular formula is C18H17N3O3. The van der Waals surface area contributed by atoms with Gasteiger partial charge in [0.1, 0.15) is 18.2 Å². The third kappa shape index (κ3) is 2.67. The smallest absolute Gasteiger partial charge is 0.410 e. The fourth-order valence-electron chi connectivity index (χ4n) is 2.92. The fraction of sp³-hybridized carbons (Fsp3) is 0.222. The van der Waals surface area contributed by atoms with Crippen molar-refractivity contribution in [2.24, 2.45) is 0 Å². The molecule has 0 saturated carbocycles. The number of imidazole rings is 1. The highest BCUT2D eigenvalue weighted by Gasteiger charge is 2.22. The second kappa shape index (κ2) is 6.23. The third-order valence-corrected chi connectivity index (χ3v) is 4.13. The molecule has 1 aliphatic heterocycles. The maximum absolute atomic E-state index is 11.6. The number of hydrogen-bond acceptors (Lipinski definition) is 4. The van der Waals surface area contributed by atoms with Gasteiger partial charge in [-0.2, -0.15) is 0 Å². The number of aromatic nitrogens is 2. The number of furan rings is 1. The van der Waals surface area contributed by atoms with Crippen LogP contribution in [0.15, 0.2) is 59.5 Å². The van der Waals surface area contributed by atoms with E-state index in [-0.39, 0.29) is 6.09 Å². The number of benzene rings is 1. The Morgan fingerprint density at radius 3 is 2.71 bits per heavy atom. The molecule has 24 heavy (non-hydrogen) atoms. The minimum absolute atomic E-state index is 0.243. The monoisotopic (exact) mass is 323 g/mol. The molecule has 0 unspecified atom stereocenters. The number of rotatable bonds is 5. The van der Waals surface area contributed by atoms with Gasteiger partial charge in [0.05, 0.1) is 12.8 Å². The topological polar surface area (TPSA) is 60.5 Å². The quantitative estimate of drug-likeness (QED) is 0.723. The van der Waals surface area contributed by atoms with Crippen LogP contribution in [0.4, 0.5) is 4.79 Å². The van der Waals surface area contributed by atoms with Crippen molar-refractivity contribution in [3.8, 4) is 22.7 Å². The standard InChI is InChI=1S/C18H17N3O3/c22-18-21(11-13-24-18)10-9-20-8-7-19-17(20)15-5-2-1-4-14(15)16-6-3-12-23-16/h1-8,12H,9-11,13H2. The van der Waals surface area contributed by atoms with Gasteiger partial charge in [0.15, 0.2) is 0 Å². The normalized spacial score (nSPS) is 14.2. The van der Waals surface area contributed by atoms with Crippen molar-refractivity contribution in [1.29, 1.82) is 0 Å². The molecule has 2 aromatic heterocycles. The van der Waals surface area contributed by atoms with Crippen LogP contribution in [-0.2, 0) is 11.3 Å². The average Bonchev–Trinajstić information content (AvgIpc) is 3.35. The van der Waals surface area contributed by atoms with E-state index in [0.29, 0.717) is 26.2 Å². The molecule has 1 saturated heterocycles. The van der Waals surface area contributed by atoms with Crippen LogP contribution >= 0.6 is 0 Å². The molecule has 122 valence electrons. The van der Waals surface area contributed by atoms with Gasteiger partial charge in [-0.3, -0.25) is 0 Å². The Labute approximate surface area is 139 Å². The highest BCUT2D eigenvalue weighted by atomic mass is 16.6. The van der Waals surface area contributed by atoms with Crippen LogP contribution in [0.5, 0.6) is 0 Å². The van der Waals surface area contributed by atoms with Crippen molar-refractivity contribution >= 4 is 6.09 Å². The summed E-state index contributed by atoms with van der Waals surface area (Å²) in [5.41, 5.74) is 2.00. The van der Waals surface area contributed by atoms with Gasteiger partial charge in [0, 0.05) is 36.6 Å². The number of cyclic esters (lactones) is 1. The van der Waals surface area contributed by atoms with Gasteiger partial charge in [-0.05, 0) is 12.1 Å². The zero-order valence-corrected chi connectivity index (χ0v) is 13.1. The number of nitrogens with zero attached hydrogens (tertiary/aromatic N) is 3. The average molecular weight is 323 g/mol. The van der Waals surface area contributed by atoms with E-state index in [1.54, 1.807) is 17.4 Å². The summed E-state index contributed by atoms with van der Waals surface area (Å²) in [6.07, 6.45) is 5.12. The van der Waals surface area contributed by atoms with E-state index in [9.17, 15) is 4.79 Å². The lowest BCUT2D eigenvalue weighted by Crippen LogP contribution is -2.28. The van der Waals surface area contributed by atoms with E-state index in [2.05, 4.69) is 4.98 Å². The Hall–Kier alpha value is -3.02. The molecule has 0 radical (unpaired) electrons. The van der Waals surface area contributed by atoms with Crippen molar-refractivity contribution in [3.05, 3.63) is 55.1 Å². The number of carbonyl (C=O) groups excluding carboxylic acids is 1. The van der Waals surface area contributed by atoms with Crippen LogP contribution in [0.2, 0.25) is 0 Å². The van der Waals surface area contributed by atoms with Gasteiger partial charge >= 0.3 is 6.09 Å². The molecule has 3 aromatic rings. The maximum Gasteiger partial charge on any atom is 0.410 e. The minimum Gasteiger partial charge on any atom is -0.464 e. The van der Waals surface area contributed by atoms with E-state index >= 15 is 0 Å². The zero-order chi connectivity index (χ0) is 16.4. The molecule has 0 bridgehead atoms. The van der Waals surface area contributed by atoms with Crippen molar-refractivity contribution in [2.45, 2.75) is 6.54 Å². The predicted molar refractivity (Wildman–Crippen MR) is 88.3 cm³/mol. The number of carbonyl (C=O) groups is 1. The first-order chi connectivity index (χ1) is 11.8. The summed E-state index contributed by atoms with van der Waals surface area (Å²) in [6.45, 7) is 2.38. The molecule has 0 spiro atoms. The van der Waals surface area contributed by atoms with Crippen molar-refractivity contribution < 1.29 is 13.9 Å². The second-order valence-corrected chi connectivity index (χ2v) is 5.57. The van der Waals surface area contributed by atoms with Gasteiger partial charge in [0.2, 0.25) is 0 Å². The summed E-state index contributed by atoms with van der Waals surface area (Å²) in [5, 5.41) is 0. The van der Waals surface area contributed by atoms with Crippen molar-refractivity contribution in [3.63, 3.8) is 0 Å². The summed E-state index contributed by atoms with van der Waals surface area (Å²) >= 11 is 0. The zero-order valence-electron chi connectivity index (χ0n) is 13.1. The second-order valence-electron chi connectivity index (χ2n) is 5.57. The Bertz CT molecular complexity index is 839. The van der Waals surface area contributed by atoms with Gasteiger partial charge in [0.25, 0.3) is 0 Å². The van der Waals surface area contributed by atoms with Gasteiger partial charge in [-0.1, -0.05) is 24.3 Å². The summed E-state index contributed by atoms with van der Waals surface area (Å²) in [5.74, 6) is 1.66. The van der Waals surface area contributed by atoms with Crippen LogP contribution < -0.4 is 0 Å². The molecule has 1 aliphatic rings. The van der Waals surface area contributed by atoms with E-state index in [1.807, 2.05) is 47.2 Å². The Morgan fingerprint density at radius 2 is 1.96 bits per heavy atom. The molecule has 0 atom stereocenters. The van der Waals surface area contributed by atoms with Gasteiger partial charge in [-0.25, -0.2) is 9.78 Å². The number of amides is 1. The molecule has 0 aliphatic carbocycles. The molecule has 6 heteroatoms. The first kappa shape index (κ1) is 14.6. The SMILES string of the molecule is O=C1OCCN1CCn1ccnc1-c1ccccc1-c1ccco1. The minimum atomic E-state index is -0.243. The number of ether oxygens (including phenoxy) is 1. The molecular weight excluding hydrogens is 306 g/mol. The van der Waals surface area contributed by atoms with E-state index < -0.39 is 0 Å². The molecule has 1 aromatic carbocycles. The van der Waals surface area contributed by atoms with Gasteiger partial charge in [-0.15, -0.1) is 0 Å². The molecule has 1 amide bonds. The highest BCUT2D eigenvalue weighted by molar-refractivity contribution is 5.78. The Balaban J connectivity index is 1.62. The third-order valence-electron chi connectivity index (χ3n) is 4.13. The maximum atomic E-state index is 11.6. The van der Waals surface area contributed by atoms with Crippen LogP contribution in [0.1, 0.15) is 0 Å². The van der Waals surface area contributed by atoms with E-state index in [0.717, 1.165) is 22.7 Å². The van der Waals surface area contributed by atoms with Crippen LogP contribution in [0.25, 0.3) is 22.7 Å². The first-order valence-electron chi connectivity index (χ1n) is 7.89. The predicted octanol–water partition coefficient (Wildman–Crippen LogP) is 3.26. The van der Waals surface area contributed by atoms with Crippen molar-refractivity contribution in [1.82, 2.24) is 14.5 Å². The summed E-state index contributed by atoms with van der Waals surface area (Å²) in [4.78, 5) is 17.8. The fourth-order valence-corrected chi connectivity index (χ4v) is 2.92. The summed E-state index contributed by atoms with van der Waals surface area (Å²) in [7, 11) is 0. The van der Waals surface area contributed by atoms with Crippen LogP contribution in [-0.4, -0.2) is 40.2 Å². The molecule has 3 heterocycles. The summed E-state index contributed by atoms with van der Waals surface area (Å²) in [6, 6.07) is 11.8. The van der Waals surface area contributed by atoms with Crippen LogP contribution in [0.3, 0.4) is 0 Å². The first-order valence-corrected chi connectivity index (χ1v) is 7.89. The lowest BCUT2D eigenvalue weighted by Gasteiger charge is -2.15. The molecule has 0 N–H and O–H groups in total. The Kier molecular flexibility index (Phi) is 3.78. The van der Waals surface area contributed by atoms with E-state index in [1.165, 1.54) is 0 Å². The lowest BCUT2D eigenvalue weighted by atomic mass is 10.0. The summed E-state index contributed by atoms with van der Waals surface area (Å²) < 4.78 is 12.6. The number of hydrogen-bond donors (Lipinski definition) is 0. The molecule has 4 rings (SSSR count). The highest BCUT2D eigenvalue weighted by Crippen LogP contribution is 2.31. The largest absolute Gasteiger partial charge is 0.464 e. The lowest BCUT2D eigenvalue weighted by molar-refractivity contribution is 0.157. The molecule has 1 fully saturated rings. The van der Waals surface area contributed by atoms with Crippen molar-refractivity contribution in [2.75, 3.05) is 19.7 Å². The Morgan fingerprint density at radius 1 is 1.08 bits per heavy atom. The van der Waals surface area contributed by atoms with E-state index in [4.69, 9.17) is 9.15 Å².